The minimum atomic E-state index is -3.39. The van der Waals surface area contributed by atoms with E-state index in [4.69, 9.17) is 13.6 Å². The van der Waals surface area contributed by atoms with Gasteiger partial charge in [-0.1, -0.05) is 104 Å². The second-order valence-electron chi connectivity index (χ2n) is 7.54. The molecule has 0 unspecified atom stereocenters. The van der Waals surface area contributed by atoms with Crippen molar-refractivity contribution in [1.29, 1.82) is 0 Å². The molecule has 0 saturated heterocycles. The van der Waals surface area contributed by atoms with E-state index >= 15 is 0 Å². The normalized spacial score (nSPS) is 12.0. The lowest BCUT2D eigenvalue weighted by molar-refractivity contribution is 0.108. The van der Waals surface area contributed by atoms with Crippen molar-refractivity contribution in [2.75, 3.05) is 19.8 Å². The van der Waals surface area contributed by atoms with Crippen LogP contribution in [0, 0.1) is 0 Å². The molecule has 0 rings (SSSR count). The monoisotopic (exact) mass is 406 g/mol. The van der Waals surface area contributed by atoms with Crippen LogP contribution in [-0.4, -0.2) is 19.8 Å². The Labute approximate surface area is 169 Å². The molecule has 0 N–H and O–H groups in total. The zero-order valence-corrected chi connectivity index (χ0v) is 19.4. The van der Waals surface area contributed by atoms with E-state index < -0.39 is 7.82 Å². The fraction of sp³-hybridized carbons (Fsp3) is 1.00. The molecule has 0 saturated carbocycles. The van der Waals surface area contributed by atoms with Crippen molar-refractivity contribution in [2.45, 2.75) is 124 Å². The number of phosphoric ester groups is 1. The van der Waals surface area contributed by atoms with Crippen LogP contribution in [0.2, 0.25) is 0 Å². The fourth-order valence-electron chi connectivity index (χ4n) is 2.93. The van der Waals surface area contributed by atoms with Gasteiger partial charge in [0.05, 0.1) is 19.8 Å². The summed E-state index contributed by atoms with van der Waals surface area (Å²) < 4.78 is 29.6. The predicted molar refractivity (Wildman–Crippen MR) is 116 cm³/mol. The summed E-state index contributed by atoms with van der Waals surface area (Å²) in [6.45, 7) is 8.02. The van der Waals surface area contributed by atoms with Crippen LogP contribution in [0.5, 0.6) is 0 Å². The van der Waals surface area contributed by atoms with Gasteiger partial charge in [-0.25, -0.2) is 4.57 Å². The van der Waals surface area contributed by atoms with E-state index in [1.165, 1.54) is 64.2 Å². The highest BCUT2D eigenvalue weighted by Gasteiger charge is 2.26. The number of hydrogen-bond acceptors (Lipinski definition) is 4. The lowest BCUT2D eigenvalue weighted by Crippen LogP contribution is -2.04. The Balaban J connectivity index is 4.02. The van der Waals surface area contributed by atoms with Gasteiger partial charge >= 0.3 is 7.82 Å². The van der Waals surface area contributed by atoms with Gasteiger partial charge in [0.25, 0.3) is 0 Å². The fourth-order valence-corrected chi connectivity index (χ4v) is 4.22. The molecule has 0 aliphatic heterocycles. The van der Waals surface area contributed by atoms with Gasteiger partial charge in [-0.15, -0.1) is 0 Å². The van der Waals surface area contributed by atoms with Crippen molar-refractivity contribution in [3.8, 4) is 0 Å². The molecular formula is C22H47O4P. The topological polar surface area (TPSA) is 44.8 Å². The van der Waals surface area contributed by atoms with E-state index in [1.54, 1.807) is 0 Å². The van der Waals surface area contributed by atoms with Gasteiger partial charge in [0.2, 0.25) is 0 Å². The van der Waals surface area contributed by atoms with Crippen molar-refractivity contribution in [2.24, 2.45) is 0 Å². The maximum atomic E-state index is 12.8. The van der Waals surface area contributed by atoms with E-state index in [-0.39, 0.29) is 0 Å². The van der Waals surface area contributed by atoms with E-state index in [2.05, 4.69) is 20.8 Å². The Morgan fingerprint density at radius 3 is 1.04 bits per heavy atom. The summed E-state index contributed by atoms with van der Waals surface area (Å²) in [6.07, 6.45) is 18.6. The zero-order valence-electron chi connectivity index (χ0n) is 18.5. The Bertz CT molecular complexity index is 314. The first-order valence-electron chi connectivity index (χ1n) is 11.7. The summed E-state index contributed by atoms with van der Waals surface area (Å²) in [5, 5.41) is 0. The summed E-state index contributed by atoms with van der Waals surface area (Å²) in [6, 6.07) is 0. The Hall–Kier alpha value is 0.110. The minimum absolute atomic E-state index is 0.463. The molecule has 164 valence electrons. The van der Waals surface area contributed by atoms with Gasteiger partial charge in [-0.3, -0.25) is 13.6 Å². The number of unbranched alkanes of at least 4 members (excludes halogenated alkanes) is 13. The zero-order chi connectivity index (χ0) is 20.1. The third-order valence-corrected chi connectivity index (χ3v) is 6.24. The molecule has 0 radical (unpaired) electrons. The van der Waals surface area contributed by atoms with Crippen molar-refractivity contribution < 1.29 is 18.1 Å². The molecule has 0 aromatic rings. The highest BCUT2D eigenvalue weighted by Crippen LogP contribution is 2.50. The largest absolute Gasteiger partial charge is 0.474 e. The van der Waals surface area contributed by atoms with Crippen molar-refractivity contribution in [3.63, 3.8) is 0 Å². The van der Waals surface area contributed by atoms with Crippen LogP contribution in [-0.2, 0) is 18.1 Å². The van der Waals surface area contributed by atoms with Gasteiger partial charge < -0.3 is 0 Å². The van der Waals surface area contributed by atoms with Gasteiger partial charge in [0.1, 0.15) is 0 Å². The molecule has 5 heteroatoms. The summed E-state index contributed by atoms with van der Waals surface area (Å²) in [5.41, 5.74) is 0. The molecular weight excluding hydrogens is 359 g/mol. The molecule has 4 nitrogen and oxygen atoms in total. The molecule has 0 bridgehead atoms. The molecule has 0 spiro atoms. The molecule has 0 aromatic carbocycles. The summed E-state index contributed by atoms with van der Waals surface area (Å²) >= 11 is 0. The van der Waals surface area contributed by atoms with Crippen LogP contribution >= 0.6 is 7.82 Å². The van der Waals surface area contributed by atoms with E-state index in [0.717, 1.165) is 38.5 Å². The maximum absolute atomic E-state index is 12.8. The number of rotatable bonds is 22. The Morgan fingerprint density at radius 2 is 0.704 bits per heavy atom. The van der Waals surface area contributed by atoms with Gasteiger partial charge in [-0.2, -0.15) is 0 Å². The van der Waals surface area contributed by atoms with E-state index in [9.17, 15) is 4.57 Å². The van der Waals surface area contributed by atoms with Crippen molar-refractivity contribution >= 4 is 7.82 Å². The highest BCUT2D eigenvalue weighted by molar-refractivity contribution is 7.48. The Morgan fingerprint density at radius 1 is 0.444 bits per heavy atom. The van der Waals surface area contributed by atoms with E-state index in [1.807, 2.05) is 0 Å². The van der Waals surface area contributed by atoms with Crippen LogP contribution in [0.3, 0.4) is 0 Å². The molecule has 0 aliphatic rings. The summed E-state index contributed by atoms with van der Waals surface area (Å²) in [4.78, 5) is 0. The standard InChI is InChI=1S/C22H47O4P/c1-4-7-10-13-15-18-21-25-27(23,24-20-17-12-9-6-3)26-22-19-16-14-11-8-5-2/h4-22H2,1-3H3. The summed E-state index contributed by atoms with van der Waals surface area (Å²) in [5.74, 6) is 0. The van der Waals surface area contributed by atoms with Crippen LogP contribution in [0.15, 0.2) is 0 Å². The first kappa shape index (κ1) is 27.1. The SMILES string of the molecule is CCCCCCCCOP(=O)(OCCCCCC)OCCCCCCCC. The average Bonchev–Trinajstić information content (AvgIpc) is 2.66. The van der Waals surface area contributed by atoms with E-state index in [0.29, 0.717) is 19.8 Å². The second kappa shape index (κ2) is 20.8. The molecule has 0 atom stereocenters. The smallest absolute Gasteiger partial charge is 0.287 e. The molecule has 0 aromatic heterocycles. The second-order valence-corrected chi connectivity index (χ2v) is 9.21. The van der Waals surface area contributed by atoms with Gasteiger partial charge in [-0.05, 0) is 19.3 Å². The lowest BCUT2D eigenvalue weighted by atomic mass is 10.1. The highest BCUT2D eigenvalue weighted by atomic mass is 31.2. The third kappa shape index (κ3) is 19.2. The third-order valence-electron chi connectivity index (χ3n) is 4.74. The minimum Gasteiger partial charge on any atom is -0.287 e. The maximum Gasteiger partial charge on any atom is 0.474 e. The molecule has 0 fully saturated rings. The van der Waals surface area contributed by atoms with Crippen molar-refractivity contribution in [1.82, 2.24) is 0 Å². The summed E-state index contributed by atoms with van der Waals surface area (Å²) in [7, 11) is -3.39. The van der Waals surface area contributed by atoms with Crippen LogP contribution in [0.25, 0.3) is 0 Å². The number of hydrogen-bond donors (Lipinski definition) is 0. The van der Waals surface area contributed by atoms with Crippen LogP contribution in [0.1, 0.15) is 124 Å². The van der Waals surface area contributed by atoms with Crippen LogP contribution in [0.4, 0.5) is 0 Å². The number of phosphoric acid groups is 1. The first-order chi connectivity index (χ1) is 13.2. The molecule has 0 heterocycles. The Kier molecular flexibility index (Phi) is 20.9. The molecule has 0 amide bonds. The lowest BCUT2D eigenvalue weighted by Gasteiger charge is -2.18. The average molecular weight is 407 g/mol. The van der Waals surface area contributed by atoms with Gasteiger partial charge in [0, 0.05) is 0 Å². The predicted octanol–water partition coefficient (Wildman–Crippen LogP) is 8.45. The van der Waals surface area contributed by atoms with Gasteiger partial charge in [0.15, 0.2) is 0 Å². The first-order valence-corrected chi connectivity index (χ1v) is 13.2. The molecule has 27 heavy (non-hydrogen) atoms. The quantitative estimate of drug-likeness (QED) is 0.134. The molecule has 0 aliphatic carbocycles. The van der Waals surface area contributed by atoms with Crippen molar-refractivity contribution in [3.05, 3.63) is 0 Å². The van der Waals surface area contributed by atoms with Crippen LogP contribution < -0.4 is 0 Å².